The monoisotopic (exact) mass is 335 g/mol. The second kappa shape index (κ2) is 6.41. The topological polar surface area (TPSA) is 74.3 Å². The summed E-state index contributed by atoms with van der Waals surface area (Å²) in [5.41, 5.74) is 0.869. The number of amides is 1. The average Bonchev–Trinajstić information content (AvgIpc) is 3.04. The number of carbonyl (C=O) groups is 2. The molecule has 2 fully saturated rings. The Kier molecular flexibility index (Phi) is 4.47. The molecule has 2 heterocycles. The van der Waals surface area contributed by atoms with Gasteiger partial charge >= 0.3 is 12.1 Å². The first kappa shape index (κ1) is 16.7. The molecule has 0 spiro atoms. The van der Waals surface area contributed by atoms with Crippen molar-refractivity contribution in [2.45, 2.75) is 44.5 Å². The number of likely N-dealkylation sites (tertiary alicyclic amines) is 1. The van der Waals surface area contributed by atoms with Crippen molar-refractivity contribution >= 4 is 12.1 Å². The molecule has 0 N–H and O–H groups in total. The minimum Gasteiger partial charge on any atom is -0.467 e. The molecule has 1 amide bonds. The summed E-state index contributed by atoms with van der Waals surface area (Å²) < 4.78 is 21.7. The Hall–Kier alpha value is -2.12. The molecule has 130 valence electrons. The maximum Gasteiger partial charge on any atom is 0.411 e. The van der Waals surface area contributed by atoms with E-state index in [0.29, 0.717) is 0 Å². The van der Waals surface area contributed by atoms with Crippen LogP contribution in [-0.2, 0) is 30.3 Å². The fraction of sp³-hybridized carbons (Fsp3) is 0.529. The first-order chi connectivity index (χ1) is 11.4. The Bertz CT molecular complexity index is 617. The molecule has 0 aromatic heterocycles. The molecular formula is C17H21NO6. The summed E-state index contributed by atoms with van der Waals surface area (Å²) in [6.07, 6.45) is -1.53. The van der Waals surface area contributed by atoms with Crippen molar-refractivity contribution in [3.05, 3.63) is 35.9 Å². The van der Waals surface area contributed by atoms with Crippen LogP contribution in [0.1, 0.15) is 19.4 Å². The van der Waals surface area contributed by atoms with Crippen molar-refractivity contribution in [1.82, 2.24) is 4.90 Å². The molecule has 3 rings (SSSR count). The summed E-state index contributed by atoms with van der Waals surface area (Å²) in [5, 5.41) is 0. The van der Waals surface area contributed by atoms with Gasteiger partial charge in [0.1, 0.15) is 18.8 Å². The maximum atomic E-state index is 12.4. The van der Waals surface area contributed by atoms with Crippen molar-refractivity contribution in [2.75, 3.05) is 13.7 Å². The van der Waals surface area contributed by atoms with Gasteiger partial charge in [-0.1, -0.05) is 30.3 Å². The minimum atomic E-state index is -0.870. The predicted octanol–water partition coefficient (Wildman–Crippen LogP) is 1.70. The molecule has 7 nitrogen and oxygen atoms in total. The highest BCUT2D eigenvalue weighted by molar-refractivity contribution is 5.83. The summed E-state index contributed by atoms with van der Waals surface area (Å²) >= 11 is 0. The van der Waals surface area contributed by atoms with Crippen LogP contribution in [0.4, 0.5) is 4.79 Å². The molecule has 0 bridgehead atoms. The van der Waals surface area contributed by atoms with Crippen LogP contribution in [0.15, 0.2) is 30.3 Å². The lowest BCUT2D eigenvalue weighted by atomic mass is 10.1. The number of nitrogens with zero attached hydrogens (tertiary/aromatic N) is 1. The fourth-order valence-electron chi connectivity index (χ4n) is 3.13. The van der Waals surface area contributed by atoms with Gasteiger partial charge in [-0.15, -0.1) is 0 Å². The molecule has 2 aliphatic rings. The molecule has 0 aliphatic carbocycles. The zero-order chi connectivity index (χ0) is 17.3. The van der Waals surface area contributed by atoms with Gasteiger partial charge < -0.3 is 18.9 Å². The summed E-state index contributed by atoms with van der Waals surface area (Å²) in [6, 6.07) is 8.47. The van der Waals surface area contributed by atoms with E-state index >= 15 is 0 Å². The quantitative estimate of drug-likeness (QED) is 0.783. The van der Waals surface area contributed by atoms with Crippen LogP contribution in [0.2, 0.25) is 0 Å². The Morgan fingerprint density at radius 1 is 1.25 bits per heavy atom. The van der Waals surface area contributed by atoms with Crippen LogP contribution >= 0.6 is 0 Å². The number of ether oxygens (including phenoxy) is 4. The van der Waals surface area contributed by atoms with E-state index in [9.17, 15) is 9.59 Å². The molecule has 2 aliphatic heterocycles. The minimum absolute atomic E-state index is 0.132. The average molecular weight is 335 g/mol. The number of hydrogen-bond acceptors (Lipinski definition) is 6. The van der Waals surface area contributed by atoms with Crippen molar-refractivity contribution in [3.63, 3.8) is 0 Å². The smallest absolute Gasteiger partial charge is 0.411 e. The summed E-state index contributed by atoms with van der Waals surface area (Å²) in [6.45, 7) is 3.91. The lowest BCUT2D eigenvalue weighted by Gasteiger charge is -2.27. The Balaban J connectivity index is 1.70. The number of rotatable bonds is 3. The van der Waals surface area contributed by atoms with E-state index in [1.165, 1.54) is 12.0 Å². The van der Waals surface area contributed by atoms with Gasteiger partial charge in [0.2, 0.25) is 0 Å². The van der Waals surface area contributed by atoms with Crippen molar-refractivity contribution in [3.8, 4) is 0 Å². The maximum absolute atomic E-state index is 12.4. The van der Waals surface area contributed by atoms with Crippen LogP contribution in [0, 0.1) is 0 Å². The number of carbonyl (C=O) groups excluding carboxylic acids is 2. The molecule has 3 atom stereocenters. The highest BCUT2D eigenvalue weighted by Gasteiger charge is 2.57. The fourth-order valence-corrected chi connectivity index (χ4v) is 3.13. The van der Waals surface area contributed by atoms with Gasteiger partial charge in [-0.3, -0.25) is 4.90 Å². The zero-order valence-corrected chi connectivity index (χ0v) is 13.9. The third-order valence-electron chi connectivity index (χ3n) is 4.13. The zero-order valence-electron chi connectivity index (χ0n) is 13.9. The van der Waals surface area contributed by atoms with Gasteiger partial charge in [0.05, 0.1) is 13.7 Å². The van der Waals surface area contributed by atoms with Crippen LogP contribution in [0.3, 0.4) is 0 Å². The van der Waals surface area contributed by atoms with Crippen LogP contribution in [0.5, 0.6) is 0 Å². The number of fused-ring (bicyclic) bond motifs is 1. The second-order valence-corrected chi connectivity index (χ2v) is 6.30. The van der Waals surface area contributed by atoms with Crippen molar-refractivity contribution in [2.24, 2.45) is 0 Å². The molecule has 1 aromatic carbocycles. The molecule has 2 saturated heterocycles. The lowest BCUT2D eigenvalue weighted by Crippen LogP contribution is -2.47. The van der Waals surface area contributed by atoms with Gasteiger partial charge in [0.15, 0.2) is 11.8 Å². The number of esters is 1. The van der Waals surface area contributed by atoms with Crippen LogP contribution in [0.25, 0.3) is 0 Å². The molecule has 0 saturated carbocycles. The van der Waals surface area contributed by atoms with E-state index in [-0.39, 0.29) is 19.3 Å². The number of methoxy groups -OCH3 is 1. The van der Waals surface area contributed by atoms with Crippen molar-refractivity contribution in [1.29, 1.82) is 0 Å². The summed E-state index contributed by atoms with van der Waals surface area (Å²) in [4.78, 5) is 25.9. The van der Waals surface area contributed by atoms with E-state index in [4.69, 9.17) is 18.9 Å². The third-order valence-corrected chi connectivity index (χ3v) is 4.13. The third kappa shape index (κ3) is 3.22. The van der Waals surface area contributed by atoms with Gasteiger partial charge in [0, 0.05) is 0 Å². The van der Waals surface area contributed by atoms with E-state index in [1.807, 2.05) is 30.3 Å². The van der Waals surface area contributed by atoms with Gasteiger partial charge in [-0.25, -0.2) is 9.59 Å². The lowest BCUT2D eigenvalue weighted by molar-refractivity contribution is -0.170. The molecule has 7 heteroatoms. The second-order valence-electron chi connectivity index (χ2n) is 6.30. The van der Waals surface area contributed by atoms with Gasteiger partial charge in [-0.05, 0) is 19.4 Å². The van der Waals surface area contributed by atoms with Gasteiger partial charge in [-0.2, -0.15) is 0 Å². The SMILES string of the molecule is COC(=O)[C@@H]1[C@H]2OC(C)(C)O[C@H]2CN1C(=O)OCc1ccccc1. The largest absolute Gasteiger partial charge is 0.467 e. The van der Waals surface area contributed by atoms with E-state index in [1.54, 1.807) is 13.8 Å². The highest BCUT2D eigenvalue weighted by atomic mass is 16.8. The predicted molar refractivity (Wildman–Crippen MR) is 83.0 cm³/mol. The normalized spacial score (nSPS) is 27.6. The Labute approximate surface area is 140 Å². The molecular weight excluding hydrogens is 314 g/mol. The standard InChI is InChI=1S/C17H21NO6/c1-17(2)23-12-9-18(13(14(12)24-17)15(19)21-3)16(20)22-10-11-7-5-4-6-8-11/h4-8,12-14H,9-10H2,1-3H3/t12-,13-,14-/m0/s1. The Morgan fingerprint density at radius 3 is 2.62 bits per heavy atom. The molecule has 0 unspecified atom stereocenters. The number of benzene rings is 1. The van der Waals surface area contributed by atoms with Crippen molar-refractivity contribution < 1.29 is 28.5 Å². The van der Waals surface area contributed by atoms with Crippen LogP contribution < -0.4 is 0 Å². The van der Waals surface area contributed by atoms with Crippen LogP contribution in [-0.4, -0.2) is 54.7 Å². The molecule has 24 heavy (non-hydrogen) atoms. The summed E-state index contributed by atoms with van der Waals surface area (Å²) in [7, 11) is 1.28. The first-order valence-electron chi connectivity index (χ1n) is 7.82. The Morgan fingerprint density at radius 2 is 1.96 bits per heavy atom. The molecule has 1 aromatic rings. The van der Waals surface area contributed by atoms with Gasteiger partial charge in [0.25, 0.3) is 0 Å². The number of hydrogen-bond donors (Lipinski definition) is 0. The van der Waals surface area contributed by atoms with E-state index in [0.717, 1.165) is 5.56 Å². The highest BCUT2D eigenvalue weighted by Crippen LogP contribution is 2.37. The van der Waals surface area contributed by atoms with E-state index in [2.05, 4.69) is 0 Å². The molecule has 0 radical (unpaired) electrons. The first-order valence-corrected chi connectivity index (χ1v) is 7.82. The summed E-state index contributed by atoms with van der Waals surface area (Å²) in [5.74, 6) is -1.33. The van der Waals surface area contributed by atoms with E-state index < -0.39 is 30.0 Å².